The fraction of sp³-hybridized carbons (Fsp3) is 0.219. The molecule has 0 fully saturated rings. The minimum absolute atomic E-state index is 0.0111. The van der Waals surface area contributed by atoms with Crippen molar-refractivity contribution >= 4 is 36.0 Å². The largest absolute Gasteiger partial charge is 0.377 e. The Kier molecular flexibility index (Phi) is 9.72. The van der Waals surface area contributed by atoms with Gasteiger partial charge in [0.2, 0.25) is 5.91 Å². The summed E-state index contributed by atoms with van der Waals surface area (Å²) in [4.78, 5) is 12.6. The minimum Gasteiger partial charge on any atom is -0.377 e. The Morgan fingerprint density at radius 2 is 1.32 bits per heavy atom. The van der Waals surface area contributed by atoms with Crippen molar-refractivity contribution in [3.05, 3.63) is 131 Å². The van der Waals surface area contributed by atoms with Crippen LogP contribution in [0.2, 0.25) is 11.1 Å². The molecule has 0 heterocycles. The molecule has 0 aliphatic carbocycles. The summed E-state index contributed by atoms with van der Waals surface area (Å²) < 4.78 is 6.10. The van der Waals surface area contributed by atoms with Crippen LogP contribution in [-0.4, -0.2) is 26.3 Å². The highest BCUT2D eigenvalue weighted by Gasteiger charge is 2.44. The van der Waals surface area contributed by atoms with E-state index < -0.39 is 8.07 Å². The van der Waals surface area contributed by atoms with E-state index in [-0.39, 0.29) is 11.6 Å². The fourth-order valence-corrected chi connectivity index (χ4v) is 10.7. The fourth-order valence-electron chi connectivity index (χ4n) is 5.17. The van der Waals surface area contributed by atoms with Crippen LogP contribution in [0.1, 0.15) is 24.5 Å². The van der Waals surface area contributed by atoms with E-state index in [1.807, 2.05) is 30.3 Å². The molecule has 4 aromatic rings. The average molecular weight is 528 g/mol. The number of hydrogen-bond donors (Lipinski definition) is 1. The van der Waals surface area contributed by atoms with Gasteiger partial charge in [0.1, 0.15) is 8.07 Å². The van der Waals surface area contributed by atoms with E-state index in [2.05, 4.69) is 90.2 Å². The molecule has 0 aliphatic rings. The molecule has 0 radical (unpaired) electrons. The van der Waals surface area contributed by atoms with Gasteiger partial charge in [0.15, 0.2) is 0 Å². The van der Waals surface area contributed by atoms with Crippen molar-refractivity contribution in [1.82, 2.24) is 5.32 Å². The van der Waals surface area contributed by atoms with Gasteiger partial charge >= 0.3 is 0 Å². The van der Waals surface area contributed by atoms with Crippen LogP contribution in [0.15, 0.2) is 115 Å². The van der Waals surface area contributed by atoms with E-state index in [4.69, 9.17) is 16.3 Å². The summed E-state index contributed by atoms with van der Waals surface area (Å²) in [5.41, 5.74) is 2.30. The van der Waals surface area contributed by atoms with E-state index in [9.17, 15) is 4.79 Å². The van der Waals surface area contributed by atoms with Crippen LogP contribution in [0.3, 0.4) is 0 Å². The Morgan fingerprint density at radius 1 is 0.784 bits per heavy atom. The summed E-state index contributed by atoms with van der Waals surface area (Å²) in [6, 6.07) is 40.7. The molecule has 0 bridgehead atoms. The molecule has 1 unspecified atom stereocenters. The SMILES string of the molecule is CC(=O)NC(Cc1ccc(Cl)cc1)[Si](CCCOCc1ccccc1)(c1ccccc1)c1ccccc1. The predicted octanol–water partition coefficient (Wildman–Crippen LogP) is 5.80. The number of amides is 1. The van der Waals surface area contributed by atoms with Gasteiger partial charge in [-0.05, 0) is 42.1 Å². The van der Waals surface area contributed by atoms with Crippen molar-refractivity contribution < 1.29 is 9.53 Å². The zero-order valence-electron chi connectivity index (χ0n) is 21.3. The van der Waals surface area contributed by atoms with Crippen molar-refractivity contribution in [3.8, 4) is 0 Å². The highest BCUT2D eigenvalue weighted by Crippen LogP contribution is 2.23. The second kappa shape index (κ2) is 13.4. The molecule has 1 N–H and O–H groups in total. The van der Waals surface area contributed by atoms with Crippen molar-refractivity contribution in [3.63, 3.8) is 0 Å². The number of rotatable bonds is 12. The van der Waals surface area contributed by atoms with Crippen molar-refractivity contribution in [1.29, 1.82) is 0 Å². The lowest BCUT2D eigenvalue weighted by Gasteiger charge is -2.41. The van der Waals surface area contributed by atoms with Crippen molar-refractivity contribution in [2.24, 2.45) is 0 Å². The topological polar surface area (TPSA) is 38.3 Å². The van der Waals surface area contributed by atoms with Crippen molar-refractivity contribution in [2.45, 2.75) is 38.1 Å². The third kappa shape index (κ3) is 7.19. The molecule has 5 heteroatoms. The molecule has 3 nitrogen and oxygen atoms in total. The molecular formula is C32H34ClNO2Si. The van der Waals surface area contributed by atoms with E-state index in [1.165, 1.54) is 15.9 Å². The van der Waals surface area contributed by atoms with E-state index in [1.54, 1.807) is 6.92 Å². The van der Waals surface area contributed by atoms with Gasteiger partial charge in [-0.25, -0.2) is 0 Å². The molecule has 1 amide bonds. The smallest absolute Gasteiger partial charge is 0.216 e. The van der Waals surface area contributed by atoms with Crippen LogP contribution in [0.4, 0.5) is 0 Å². The van der Waals surface area contributed by atoms with Gasteiger partial charge in [0, 0.05) is 24.2 Å². The van der Waals surface area contributed by atoms with Gasteiger partial charge in [-0.1, -0.05) is 125 Å². The normalized spacial score (nSPS) is 12.2. The van der Waals surface area contributed by atoms with Gasteiger partial charge < -0.3 is 10.1 Å². The van der Waals surface area contributed by atoms with E-state index in [0.717, 1.165) is 24.4 Å². The first-order valence-electron chi connectivity index (χ1n) is 12.8. The lowest BCUT2D eigenvalue weighted by molar-refractivity contribution is -0.119. The molecule has 4 rings (SSSR count). The van der Waals surface area contributed by atoms with Gasteiger partial charge in [0.25, 0.3) is 0 Å². The number of carbonyl (C=O) groups is 1. The second-order valence-corrected chi connectivity index (χ2v) is 14.2. The maximum atomic E-state index is 12.6. The van der Waals surface area contributed by atoms with Crippen LogP contribution in [-0.2, 0) is 22.6 Å². The number of carbonyl (C=O) groups excluding carboxylic acids is 1. The zero-order valence-corrected chi connectivity index (χ0v) is 23.0. The van der Waals surface area contributed by atoms with Crippen LogP contribution in [0, 0.1) is 0 Å². The van der Waals surface area contributed by atoms with Crippen LogP contribution in [0.5, 0.6) is 0 Å². The number of ether oxygens (including phenoxy) is 1. The molecule has 0 saturated carbocycles. The molecule has 0 aromatic heterocycles. The summed E-state index contributed by atoms with van der Waals surface area (Å²) in [6.07, 6.45) is 1.64. The highest BCUT2D eigenvalue weighted by molar-refractivity contribution is 7.03. The lowest BCUT2D eigenvalue weighted by atomic mass is 10.1. The molecule has 37 heavy (non-hydrogen) atoms. The number of hydrogen-bond acceptors (Lipinski definition) is 2. The highest BCUT2D eigenvalue weighted by atomic mass is 35.5. The predicted molar refractivity (Wildman–Crippen MR) is 156 cm³/mol. The quantitative estimate of drug-likeness (QED) is 0.187. The van der Waals surface area contributed by atoms with Crippen LogP contribution >= 0.6 is 11.6 Å². The first kappa shape index (κ1) is 26.9. The van der Waals surface area contributed by atoms with Crippen LogP contribution < -0.4 is 15.7 Å². The van der Waals surface area contributed by atoms with Crippen LogP contribution in [0.25, 0.3) is 0 Å². The van der Waals surface area contributed by atoms with Gasteiger partial charge in [0.05, 0.1) is 6.61 Å². The monoisotopic (exact) mass is 527 g/mol. The first-order valence-corrected chi connectivity index (χ1v) is 15.5. The number of halogens is 1. The zero-order chi connectivity index (χ0) is 25.9. The summed E-state index contributed by atoms with van der Waals surface area (Å²) in [6.45, 7) is 2.88. The summed E-state index contributed by atoms with van der Waals surface area (Å²) in [5, 5.41) is 6.74. The third-order valence-corrected chi connectivity index (χ3v) is 12.5. The van der Waals surface area contributed by atoms with Gasteiger partial charge in [-0.3, -0.25) is 4.79 Å². The Bertz CT molecular complexity index is 1190. The number of nitrogens with one attached hydrogen (secondary N) is 1. The lowest BCUT2D eigenvalue weighted by Crippen LogP contribution is -2.71. The van der Waals surface area contributed by atoms with Gasteiger partial charge in [-0.15, -0.1) is 0 Å². The molecular weight excluding hydrogens is 494 g/mol. The Balaban J connectivity index is 1.69. The maximum Gasteiger partial charge on any atom is 0.216 e. The molecule has 0 spiro atoms. The third-order valence-electron chi connectivity index (χ3n) is 6.87. The van der Waals surface area contributed by atoms with E-state index >= 15 is 0 Å². The Morgan fingerprint density at radius 3 is 1.86 bits per heavy atom. The van der Waals surface area contributed by atoms with Crippen molar-refractivity contribution in [2.75, 3.05) is 6.61 Å². The second-order valence-electron chi connectivity index (χ2n) is 9.43. The molecule has 0 aliphatic heterocycles. The Labute approximate surface area is 226 Å². The Hall–Kier alpha value is -3.18. The summed E-state index contributed by atoms with van der Waals surface area (Å²) in [7, 11) is -2.51. The molecule has 4 aromatic carbocycles. The number of benzene rings is 4. The first-order chi connectivity index (χ1) is 18.1. The maximum absolute atomic E-state index is 12.6. The molecule has 0 saturated heterocycles. The summed E-state index contributed by atoms with van der Waals surface area (Å²) >= 11 is 6.18. The van der Waals surface area contributed by atoms with E-state index in [0.29, 0.717) is 18.2 Å². The standard InChI is InChI=1S/C32H34ClNO2Si/c1-26(35)34-32(24-27-18-20-29(33)21-19-27)37(30-14-7-3-8-15-30,31-16-9-4-10-17-31)23-11-22-36-25-28-12-5-2-6-13-28/h2-10,12-21,32H,11,22-25H2,1H3,(H,34,35). The average Bonchev–Trinajstić information content (AvgIpc) is 2.93. The van der Waals surface area contributed by atoms with Gasteiger partial charge in [-0.2, -0.15) is 0 Å². The molecule has 190 valence electrons. The molecule has 1 atom stereocenters. The minimum atomic E-state index is -2.51. The summed E-state index contributed by atoms with van der Waals surface area (Å²) in [5.74, 6) is -0.0111.